The van der Waals surface area contributed by atoms with Crippen LogP contribution >= 0.6 is 0 Å². The Balaban J connectivity index is 2.21. The van der Waals surface area contributed by atoms with Gasteiger partial charge >= 0.3 is 0 Å². The summed E-state index contributed by atoms with van der Waals surface area (Å²) in [6, 6.07) is 3.52. The molecule has 2 heterocycles. The number of piperidine rings is 1. The molecule has 0 unspecified atom stereocenters. The molecule has 3 N–H and O–H groups in total. The molecular weight excluding hydrogens is 240 g/mol. The number of hydrogen-bond donors (Lipinski definition) is 2. The number of likely N-dealkylation sites (tertiary alicyclic amines) is 1. The molecule has 2 rings (SSSR count). The van der Waals surface area contributed by atoms with E-state index < -0.39 is 0 Å². The molecule has 5 nitrogen and oxygen atoms in total. The number of nitrogens with zero attached hydrogens (tertiary/aromatic N) is 2. The molecule has 104 valence electrons. The van der Waals surface area contributed by atoms with Gasteiger partial charge in [-0.3, -0.25) is 4.79 Å². The molecule has 0 saturated carbocycles. The number of aryl methyl sites for hydroxylation is 1. The molecule has 0 spiro atoms. The van der Waals surface area contributed by atoms with Crippen LogP contribution in [0.1, 0.15) is 42.7 Å². The molecule has 5 heteroatoms. The third kappa shape index (κ3) is 3.23. The normalized spacial score (nSPS) is 18.2. The van der Waals surface area contributed by atoms with Gasteiger partial charge < -0.3 is 10.3 Å². The maximum Gasteiger partial charge on any atom is 0.254 e. The Hall–Kier alpha value is -1.62. The Morgan fingerprint density at radius 1 is 1.47 bits per heavy atom. The zero-order chi connectivity index (χ0) is 14.0. The number of pyridine rings is 1. The summed E-state index contributed by atoms with van der Waals surface area (Å²) in [6.45, 7) is 7.90. The van der Waals surface area contributed by atoms with E-state index in [4.69, 9.17) is 5.84 Å². The maximum atomic E-state index is 12.5. The van der Waals surface area contributed by atoms with E-state index in [2.05, 4.69) is 24.3 Å². The Labute approximate surface area is 114 Å². The monoisotopic (exact) mass is 262 g/mol. The summed E-state index contributed by atoms with van der Waals surface area (Å²) in [4.78, 5) is 18.7. The zero-order valence-electron chi connectivity index (χ0n) is 11.9. The Bertz CT molecular complexity index is 484. The first-order chi connectivity index (χ1) is 8.91. The highest BCUT2D eigenvalue weighted by Crippen LogP contribution is 2.29. The van der Waals surface area contributed by atoms with E-state index in [1.165, 1.54) is 6.42 Å². The minimum absolute atomic E-state index is 0.0646. The lowest BCUT2D eigenvalue weighted by Gasteiger charge is -2.38. The summed E-state index contributed by atoms with van der Waals surface area (Å²) < 4.78 is 0. The van der Waals surface area contributed by atoms with Crippen LogP contribution < -0.4 is 11.3 Å². The quantitative estimate of drug-likeness (QED) is 0.631. The van der Waals surface area contributed by atoms with E-state index in [-0.39, 0.29) is 11.3 Å². The summed E-state index contributed by atoms with van der Waals surface area (Å²) in [7, 11) is 0. The summed E-state index contributed by atoms with van der Waals surface area (Å²) in [6.07, 6.45) is 2.23. The van der Waals surface area contributed by atoms with Gasteiger partial charge in [0.1, 0.15) is 5.82 Å². The number of carbonyl (C=O) groups is 1. The van der Waals surface area contributed by atoms with Crippen LogP contribution in [0.25, 0.3) is 0 Å². The van der Waals surface area contributed by atoms with Crippen molar-refractivity contribution in [3.8, 4) is 0 Å². The number of rotatable bonds is 2. The van der Waals surface area contributed by atoms with Crippen LogP contribution in [0.2, 0.25) is 0 Å². The van der Waals surface area contributed by atoms with Gasteiger partial charge in [-0.05, 0) is 37.3 Å². The zero-order valence-corrected chi connectivity index (χ0v) is 11.9. The van der Waals surface area contributed by atoms with Crippen LogP contribution in [0.4, 0.5) is 5.82 Å². The van der Waals surface area contributed by atoms with Gasteiger partial charge in [-0.25, -0.2) is 10.8 Å². The van der Waals surface area contributed by atoms with Gasteiger partial charge in [0.05, 0.1) is 0 Å². The molecule has 1 aromatic heterocycles. The summed E-state index contributed by atoms with van der Waals surface area (Å²) in [5.74, 6) is 5.96. The number of hydrogen-bond acceptors (Lipinski definition) is 4. The van der Waals surface area contributed by atoms with Crippen LogP contribution in [0, 0.1) is 12.3 Å². The van der Waals surface area contributed by atoms with Crippen molar-refractivity contribution in [2.75, 3.05) is 18.5 Å². The molecule has 0 bridgehead atoms. The second kappa shape index (κ2) is 5.17. The molecule has 1 aliphatic heterocycles. The van der Waals surface area contributed by atoms with Crippen LogP contribution in [0.5, 0.6) is 0 Å². The lowest BCUT2D eigenvalue weighted by atomic mass is 9.84. The van der Waals surface area contributed by atoms with E-state index in [0.29, 0.717) is 11.4 Å². The molecule has 19 heavy (non-hydrogen) atoms. The van der Waals surface area contributed by atoms with Crippen LogP contribution in [0.15, 0.2) is 12.1 Å². The first kappa shape index (κ1) is 13.8. The molecule has 0 aromatic carbocycles. The minimum atomic E-state index is 0.0646. The fourth-order valence-corrected chi connectivity index (χ4v) is 2.65. The predicted octanol–water partition coefficient (Wildman–Crippen LogP) is 1.94. The van der Waals surface area contributed by atoms with Crippen molar-refractivity contribution in [3.05, 3.63) is 23.4 Å². The van der Waals surface area contributed by atoms with E-state index in [0.717, 1.165) is 25.2 Å². The third-order valence-electron chi connectivity index (χ3n) is 3.54. The second-order valence-electron chi connectivity index (χ2n) is 6.02. The Kier molecular flexibility index (Phi) is 3.75. The van der Waals surface area contributed by atoms with Crippen molar-refractivity contribution >= 4 is 11.7 Å². The Morgan fingerprint density at radius 3 is 2.84 bits per heavy atom. The number of anilines is 1. The SMILES string of the molecule is Cc1cc(C(=O)N2CCCC(C)(C)C2)cc(NN)n1. The number of hydrazine groups is 1. The second-order valence-corrected chi connectivity index (χ2v) is 6.02. The van der Waals surface area contributed by atoms with Crippen LogP contribution in [0.3, 0.4) is 0 Å². The van der Waals surface area contributed by atoms with Crippen molar-refractivity contribution in [2.24, 2.45) is 11.3 Å². The standard InChI is InChI=1S/C14H22N4O/c1-10-7-11(8-12(16-10)17-15)13(19)18-6-4-5-14(2,3)9-18/h7-8H,4-6,9,15H2,1-3H3,(H,16,17). The van der Waals surface area contributed by atoms with Crippen LogP contribution in [-0.2, 0) is 0 Å². The average molecular weight is 262 g/mol. The first-order valence-electron chi connectivity index (χ1n) is 6.66. The lowest BCUT2D eigenvalue weighted by Crippen LogP contribution is -2.43. The topological polar surface area (TPSA) is 71.2 Å². The number of amides is 1. The molecular formula is C14H22N4O. The van der Waals surface area contributed by atoms with Gasteiger partial charge in [0.25, 0.3) is 5.91 Å². The first-order valence-corrected chi connectivity index (χ1v) is 6.66. The molecule has 1 amide bonds. The highest BCUT2D eigenvalue weighted by molar-refractivity contribution is 5.95. The summed E-state index contributed by atoms with van der Waals surface area (Å²) in [5.41, 5.74) is 4.14. The molecule has 1 saturated heterocycles. The minimum Gasteiger partial charge on any atom is -0.338 e. The van der Waals surface area contributed by atoms with Gasteiger partial charge in [-0.2, -0.15) is 0 Å². The fourth-order valence-electron chi connectivity index (χ4n) is 2.65. The molecule has 0 radical (unpaired) electrons. The fraction of sp³-hybridized carbons (Fsp3) is 0.571. The molecule has 0 atom stereocenters. The molecule has 0 aliphatic carbocycles. The van der Waals surface area contributed by atoms with Crippen molar-refractivity contribution in [3.63, 3.8) is 0 Å². The van der Waals surface area contributed by atoms with E-state index in [9.17, 15) is 4.79 Å². The van der Waals surface area contributed by atoms with Crippen LogP contribution in [-0.4, -0.2) is 28.9 Å². The summed E-state index contributed by atoms with van der Waals surface area (Å²) >= 11 is 0. The number of nitrogens with two attached hydrogens (primary N) is 1. The average Bonchev–Trinajstić information content (AvgIpc) is 2.35. The molecule has 1 aliphatic rings. The van der Waals surface area contributed by atoms with Gasteiger partial charge in [0, 0.05) is 24.3 Å². The van der Waals surface area contributed by atoms with Gasteiger partial charge in [0.15, 0.2) is 0 Å². The predicted molar refractivity (Wildman–Crippen MR) is 75.7 cm³/mol. The van der Waals surface area contributed by atoms with Crippen molar-refractivity contribution < 1.29 is 4.79 Å². The number of nitrogens with one attached hydrogen (secondary N) is 1. The smallest absolute Gasteiger partial charge is 0.254 e. The largest absolute Gasteiger partial charge is 0.338 e. The third-order valence-corrected chi connectivity index (χ3v) is 3.54. The van der Waals surface area contributed by atoms with E-state index in [1.54, 1.807) is 6.07 Å². The lowest BCUT2D eigenvalue weighted by molar-refractivity contribution is 0.0583. The number of aromatic nitrogens is 1. The molecule has 1 aromatic rings. The van der Waals surface area contributed by atoms with Gasteiger partial charge in [-0.1, -0.05) is 13.8 Å². The van der Waals surface area contributed by atoms with Crippen molar-refractivity contribution in [2.45, 2.75) is 33.6 Å². The number of nitrogen functional groups attached to an aromatic ring is 1. The highest BCUT2D eigenvalue weighted by atomic mass is 16.2. The summed E-state index contributed by atoms with van der Waals surface area (Å²) in [5, 5.41) is 0. The van der Waals surface area contributed by atoms with Crippen molar-refractivity contribution in [1.29, 1.82) is 0 Å². The van der Waals surface area contributed by atoms with Gasteiger partial charge in [0.2, 0.25) is 0 Å². The molecule has 1 fully saturated rings. The highest BCUT2D eigenvalue weighted by Gasteiger charge is 2.29. The van der Waals surface area contributed by atoms with Gasteiger partial charge in [-0.15, -0.1) is 0 Å². The number of carbonyl (C=O) groups excluding carboxylic acids is 1. The Morgan fingerprint density at radius 2 is 2.21 bits per heavy atom. The van der Waals surface area contributed by atoms with E-state index >= 15 is 0 Å². The van der Waals surface area contributed by atoms with Crippen molar-refractivity contribution in [1.82, 2.24) is 9.88 Å². The maximum absolute atomic E-state index is 12.5. The van der Waals surface area contributed by atoms with E-state index in [1.807, 2.05) is 17.9 Å².